The molecular formula is C24H32N4O2. The lowest BCUT2D eigenvalue weighted by atomic mass is 10.0. The van der Waals surface area contributed by atoms with E-state index in [1.807, 2.05) is 32.0 Å². The molecule has 2 amide bonds. The Balaban J connectivity index is 1.67. The number of amides is 2. The van der Waals surface area contributed by atoms with E-state index in [-0.39, 0.29) is 23.8 Å². The summed E-state index contributed by atoms with van der Waals surface area (Å²) in [5.41, 5.74) is 2.38. The molecule has 0 radical (unpaired) electrons. The lowest BCUT2D eigenvalue weighted by molar-refractivity contribution is -0.118. The van der Waals surface area contributed by atoms with E-state index in [4.69, 9.17) is 0 Å². The first-order chi connectivity index (χ1) is 14.4. The van der Waals surface area contributed by atoms with Gasteiger partial charge in [-0.3, -0.25) is 14.5 Å². The molecule has 160 valence electrons. The van der Waals surface area contributed by atoms with E-state index in [0.29, 0.717) is 11.3 Å². The number of carbonyl (C=O) groups excluding carboxylic acids is 2. The highest BCUT2D eigenvalue weighted by Gasteiger charge is 2.21. The minimum atomic E-state index is -0.111. The Hall–Kier alpha value is -2.70. The molecule has 1 aliphatic rings. The van der Waals surface area contributed by atoms with Crippen LogP contribution in [0.1, 0.15) is 35.8 Å². The van der Waals surface area contributed by atoms with Crippen molar-refractivity contribution in [3.05, 3.63) is 65.7 Å². The molecule has 1 heterocycles. The third-order valence-corrected chi connectivity index (χ3v) is 5.48. The summed E-state index contributed by atoms with van der Waals surface area (Å²) in [4.78, 5) is 29.5. The second-order valence-electron chi connectivity index (χ2n) is 8.26. The van der Waals surface area contributed by atoms with Gasteiger partial charge in [0.05, 0.1) is 6.04 Å². The van der Waals surface area contributed by atoms with Gasteiger partial charge in [0.1, 0.15) is 0 Å². The maximum atomic E-state index is 12.9. The van der Waals surface area contributed by atoms with E-state index in [0.717, 1.165) is 38.3 Å². The molecule has 1 unspecified atom stereocenters. The Labute approximate surface area is 179 Å². The molecule has 1 atom stereocenters. The third kappa shape index (κ3) is 6.15. The SMILES string of the molecule is CC(C)C(=O)Nc1ccc(C(=O)NC(CN2CCN(C)CC2)c2ccccc2)cc1. The van der Waals surface area contributed by atoms with Crippen LogP contribution in [0.15, 0.2) is 54.6 Å². The molecular weight excluding hydrogens is 376 g/mol. The fourth-order valence-electron chi connectivity index (χ4n) is 3.44. The zero-order chi connectivity index (χ0) is 21.5. The van der Waals surface area contributed by atoms with Gasteiger partial charge in [-0.05, 0) is 36.9 Å². The fraction of sp³-hybridized carbons (Fsp3) is 0.417. The van der Waals surface area contributed by atoms with Gasteiger partial charge in [0.15, 0.2) is 0 Å². The second kappa shape index (κ2) is 10.4. The molecule has 2 aromatic carbocycles. The van der Waals surface area contributed by atoms with Gasteiger partial charge < -0.3 is 15.5 Å². The smallest absolute Gasteiger partial charge is 0.251 e. The normalized spacial score (nSPS) is 16.3. The van der Waals surface area contributed by atoms with Crippen LogP contribution in [0, 0.1) is 5.92 Å². The minimum Gasteiger partial charge on any atom is -0.344 e. The van der Waals surface area contributed by atoms with Gasteiger partial charge in [0.2, 0.25) is 5.91 Å². The Morgan fingerprint density at radius 3 is 2.17 bits per heavy atom. The van der Waals surface area contributed by atoms with Crippen molar-refractivity contribution in [2.75, 3.05) is 45.1 Å². The average molecular weight is 409 g/mol. The van der Waals surface area contributed by atoms with Crippen LogP contribution in [0.5, 0.6) is 0 Å². The summed E-state index contributed by atoms with van der Waals surface area (Å²) in [6.07, 6.45) is 0. The summed E-state index contributed by atoms with van der Waals surface area (Å²) < 4.78 is 0. The topological polar surface area (TPSA) is 64.7 Å². The van der Waals surface area contributed by atoms with Crippen molar-refractivity contribution in [1.29, 1.82) is 0 Å². The predicted octanol–water partition coefficient (Wildman–Crippen LogP) is 3.00. The second-order valence-corrected chi connectivity index (χ2v) is 8.26. The van der Waals surface area contributed by atoms with Crippen LogP contribution in [0.25, 0.3) is 0 Å². The number of likely N-dealkylation sites (N-methyl/N-ethyl adjacent to an activating group) is 1. The highest BCUT2D eigenvalue weighted by atomic mass is 16.2. The van der Waals surface area contributed by atoms with Gasteiger partial charge in [-0.2, -0.15) is 0 Å². The molecule has 1 fully saturated rings. The largest absolute Gasteiger partial charge is 0.344 e. The lowest BCUT2D eigenvalue weighted by Crippen LogP contribution is -2.47. The van der Waals surface area contributed by atoms with Crippen LogP contribution >= 0.6 is 0 Å². The third-order valence-electron chi connectivity index (χ3n) is 5.48. The van der Waals surface area contributed by atoms with Crippen LogP contribution in [-0.4, -0.2) is 61.4 Å². The van der Waals surface area contributed by atoms with E-state index in [2.05, 4.69) is 39.6 Å². The van der Waals surface area contributed by atoms with Gasteiger partial charge in [-0.1, -0.05) is 44.2 Å². The monoisotopic (exact) mass is 408 g/mol. The quantitative estimate of drug-likeness (QED) is 0.739. The molecule has 0 aliphatic carbocycles. The number of hydrogen-bond donors (Lipinski definition) is 2. The molecule has 2 N–H and O–H groups in total. The Bertz CT molecular complexity index is 828. The van der Waals surface area contributed by atoms with E-state index < -0.39 is 0 Å². The molecule has 0 saturated carbocycles. The van der Waals surface area contributed by atoms with Crippen LogP contribution in [0.4, 0.5) is 5.69 Å². The van der Waals surface area contributed by atoms with Crippen LogP contribution < -0.4 is 10.6 Å². The van der Waals surface area contributed by atoms with Gasteiger partial charge in [0, 0.05) is 49.9 Å². The molecule has 0 aromatic heterocycles. The van der Waals surface area contributed by atoms with Crippen LogP contribution in [0.2, 0.25) is 0 Å². The van der Waals surface area contributed by atoms with Gasteiger partial charge >= 0.3 is 0 Å². The van der Waals surface area contributed by atoms with Crippen LogP contribution in [-0.2, 0) is 4.79 Å². The summed E-state index contributed by atoms with van der Waals surface area (Å²) in [6, 6.07) is 17.1. The predicted molar refractivity (Wildman–Crippen MR) is 120 cm³/mol. The number of hydrogen-bond acceptors (Lipinski definition) is 4. The molecule has 6 heteroatoms. The van der Waals surface area contributed by atoms with Crippen molar-refractivity contribution >= 4 is 17.5 Å². The van der Waals surface area contributed by atoms with Gasteiger partial charge in [0.25, 0.3) is 5.91 Å². The fourth-order valence-corrected chi connectivity index (χ4v) is 3.44. The van der Waals surface area contributed by atoms with E-state index in [1.54, 1.807) is 24.3 Å². The highest BCUT2D eigenvalue weighted by Crippen LogP contribution is 2.17. The first-order valence-electron chi connectivity index (χ1n) is 10.6. The molecule has 3 rings (SSSR count). The molecule has 2 aromatic rings. The maximum Gasteiger partial charge on any atom is 0.251 e. The van der Waals surface area contributed by atoms with Crippen molar-refractivity contribution < 1.29 is 9.59 Å². The average Bonchev–Trinajstić information content (AvgIpc) is 2.75. The van der Waals surface area contributed by atoms with Crippen molar-refractivity contribution in [2.24, 2.45) is 5.92 Å². The van der Waals surface area contributed by atoms with Crippen molar-refractivity contribution in [1.82, 2.24) is 15.1 Å². The minimum absolute atomic E-state index is 0.0384. The maximum absolute atomic E-state index is 12.9. The first-order valence-corrected chi connectivity index (χ1v) is 10.6. The summed E-state index contributed by atoms with van der Waals surface area (Å²) in [5.74, 6) is -0.239. The molecule has 1 saturated heterocycles. The first kappa shape index (κ1) is 22.0. The number of anilines is 1. The highest BCUT2D eigenvalue weighted by molar-refractivity contribution is 5.96. The summed E-state index contributed by atoms with van der Waals surface area (Å²) in [5, 5.41) is 6.06. The van der Waals surface area contributed by atoms with Gasteiger partial charge in [-0.15, -0.1) is 0 Å². The van der Waals surface area contributed by atoms with Gasteiger partial charge in [-0.25, -0.2) is 0 Å². The standard InChI is InChI=1S/C24H32N4O2/c1-18(2)23(29)25-21-11-9-20(10-12-21)24(30)26-22(19-7-5-4-6-8-19)17-28-15-13-27(3)14-16-28/h4-12,18,22H,13-17H2,1-3H3,(H,25,29)(H,26,30). The Morgan fingerprint density at radius 1 is 0.933 bits per heavy atom. The summed E-state index contributed by atoms with van der Waals surface area (Å²) in [7, 11) is 2.14. The number of piperazine rings is 1. The zero-order valence-corrected chi connectivity index (χ0v) is 18.1. The van der Waals surface area contributed by atoms with Crippen molar-refractivity contribution in [3.8, 4) is 0 Å². The van der Waals surface area contributed by atoms with Crippen molar-refractivity contribution in [3.63, 3.8) is 0 Å². The number of rotatable bonds is 7. The summed E-state index contributed by atoms with van der Waals surface area (Å²) in [6.45, 7) is 8.56. The van der Waals surface area contributed by atoms with Crippen molar-refractivity contribution in [2.45, 2.75) is 19.9 Å². The van der Waals surface area contributed by atoms with E-state index in [9.17, 15) is 9.59 Å². The number of nitrogens with one attached hydrogen (secondary N) is 2. The molecule has 0 spiro atoms. The van der Waals surface area contributed by atoms with E-state index in [1.165, 1.54) is 0 Å². The Morgan fingerprint density at radius 2 is 1.57 bits per heavy atom. The molecule has 6 nitrogen and oxygen atoms in total. The Kier molecular flexibility index (Phi) is 7.60. The zero-order valence-electron chi connectivity index (χ0n) is 18.1. The summed E-state index contributed by atoms with van der Waals surface area (Å²) >= 11 is 0. The molecule has 0 bridgehead atoms. The molecule has 1 aliphatic heterocycles. The van der Waals surface area contributed by atoms with E-state index >= 15 is 0 Å². The lowest BCUT2D eigenvalue weighted by Gasteiger charge is -2.35. The number of carbonyl (C=O) groups is 2. The number of nitrogens with zero attached hydrogens (tertiary/aromatic N) is 2. The molecule has 30 heavy (non-hydrogen) atoms. The van der Waals surface area contributed by atoms with Crippen LogP contribution in [0.3, 0.4) is 0 Å². The number of benzene rings is 2.